The number of morpholine rings is 1. The first kappa shape index (κ1) is 13.0. The second kappa shape index (κ2) is 5.91. The lowest BCUT2D eigenvalue weighted by atomic mass is 10.0. The third-order valence-corrected chi connectivity index (χ3v) is 3.82. The predicted molar refractivity (Wildman–Crippen MR) is 70.4 cm³/mol. The Morgan fingerprint density at radius 3 is 3.06 bits per heavy atom. The van der Waals surface area contributed by atoms with Gasteiger partial charge in [-0.05, 0) is 20.9 Å². The van der Waals surface area contributed by atoms with Gasteiger partial charge in [0.2, 0.25) is 0 Å². The molecule has 1 aliphatic heterocycles. The Bertz CT molecular complexity index is 327. The number of aromatic nitrogens is 1. The van der Waals surface area contributed by atoms with Crippen molar-refractivity contribution in [1.82, 2.24) is 15.2 Å². The molecule has 1 aliphatic rings. The molecule has 0 radical (unpaired) electrons. The van der Waals surface area contributed by atoms with Crippen molar-refractivity contribution in [3.8, 4) is 0 Å². The maximum absolute atomic E-state index is 5.90. The molecule has 1 fully saturated rings. The Morgan fingerprint density at radius 2 is 2.47 bits per heavy atom. The first-order chi connectivity index (χ1) is 8.24. The average Bonchev–Trinajstić information content (AvgIpc) is 2.82. The third kappa shape index (κ3) is 2.85. The largest absolute Gasteiger partial charge is 0.374 e. The molecule has 5 heteroatoms. The smallest absolute Gasteiger partial charge is 0.0912 e. The Balaban J connectivity index is 2.22. The lowest BCUT2D eigenvalue weighted by Gasteiger charge is -2.42. The van der Waals surface area contributed by atoms with Crippen LogP contribution in [0.25, 0.3) is 0 Å². The van der Waals surface area contributed by atoms with Crippen molar-refractivity contribution in [3.05, 3.63) is 16.6 Å². The molecule has 0 aliphatic carbocycles. The van der Waals surface area contributed by atoms with Crippen LogP contribution in [-0.4, -0.2) is 48.8 Å². The Hall–Kier alpha value is -0.490. The number of ether oxygens (including phenoxy) is 1. The maximum atomic E-state index is 5.90. The van der Waals surface area contributed by atoms with Crippen molar-refractivity contribution >= 4 is 11.3 Å². The van der Waals surface area contributed by atoms with Crippen molar-refractivity contribution in [2.24, 2.45) is 0 Å². The highest BCUT2D eigenvalue weighted by Crippen LogP contribution is 2.30. The molecule has 1 N–H and O–H groups in total. The van der Waals surface area contributed by atoms with E-state index in [2.05, 4.69) is 34.4 Å². The van der Waals surface area contributed by atoms with Gasteiger partial charge in [-0.2, -0.15) is 0 Å². The molecule has 0 bridgehead atoms. The van der Waals surface area contributed by atoms with Crippen LogP contribution in [-0.2, 0) is 4.74 Å². The van der Waals surface area contributed by atoms with Gasteiger partial charge in [0.05, 0.1) is 30.0 Å². The Kier molecular flexibility index (Phi) is 4.50. The topological polar surface area (TPSA) is 37.4 Å². The molecule has 1 saturated heterocycles. The minimum Gasteiger partial charge on any atom is -0.374 e. The highest BCUT2D eigenvalue weighted by atomic mass is 32.1. The normalized spacial score (nSPS) is 26.6. The summed E-state index contributed by atoms with van der Waals surface area (Å²) in [6.45, 7) is 7.14. The molecule has 2 heterocycles. The van der Waals surface area contributed by atoms with Crippen LogP contribution in [0.1, 0.15) is 25.6 Å². The van der Waals surface area contributed by atoms with Crippen LogP contribution >= 0.6 is 11.3 Å². The van der Waals surface area contributed by atoms with Gasteiger partial charge in [-0.1, -0.05) is 0 Å². The monoisotopic (exact) mass is 255 g/mol. The molecule has 0 amide bonds. The molecule has 1 aromatic rings. The highest BCUT2D eigenvalue weighted by molar-refractivity contribution is 7.07. The molecule has 1 aromatic heterocycles. The van der Waals surface area contributed by atoms with E-state index in [1.54, 1.807) is 11.3 Å². The summed E-state index contributed by atoms with van der Waals surface area (Å²) in [6.07, 6.45) is 0.193. The van der Waals surface area contributed by atoms with E-state index in [0.717, 1.165) is 25.4 Å². The SMILES string of the molecule is CNCC1OCCN(C(C)C)C1c1cscn1. The van der Waals surface area contributed by atoms with Crippen LogP contribution in [0, 0.1) is 0 Å². The maximum Gasteiger partial charge on any atom is 0.0912 e. The summed E-state index contributed by atoms with van der Waals surface area (Å²) in [5.41, 5.74) is 3.04. The standard InChI is InChI=1S/C12H21N3OS/c1-9(2)15-4-5-16-11(6-13-3)12(15)10-7-17-8-14-10/h7-9,11-13H,4-6H2,1-3H3. The minimum atomic E-state index is 0.193. The van der Waals surface area contributed by atoms with Crippen molar-refractivity contribution in [2.75, 3.05) is 26.7 Å². The van der Waals surface area contributed by atoms with E-state index in [4.69, 9.17) is 4.74 Å². The molecular weight excluding hydrogens is 234 g/mol. The molecule has 0 aromatic carbocycles. The summed E-state index contributed by atoms with van der Waals surface area (Å²) in [6, 6.07) is 0.799. The van der Waals surface area contributed by atoms with Crippen LogP contribution in [0.4, 0.5) is 0 Å². The summed E-state index contributed by atoms with van der Waals surface area (Å²) in [4.78, 5) is 6.96. The lowest BCUT2D eigenvalue weighted by Crippen LogP contribution is -2.51. The number of hydrogen-bond acceptors (Lipinski definition) is 5. The van der Waals surface area contributed by atoms with Crippen LogP contribution in [0.2, 0.25) is 0 Å². The number of rotatable bonds is 4. The van der Waals surface area contributed by atoms with Crippen LogP contribution in [0.15, 0.2) is 10.9 Å². The molecular formula is C12H21N3OS. The first-order valence-electron chi connectivity index (χ1n) is 6.14. The van der Waals surface area contributed by atoms with E-state index in [1.165, 1.54) is 0 Å². The van der Waals surface area contributed by atoms with E-state index in [-0.39, 0.29) is 12.1 Å². The third-order valence-electron chi connectivity index (χ3n) is 3.21. The van der Waals surface area contributed by atoms with E-state index in [0.29, 0.717) is 6.04 Å². The second-order valence-electron chi connectivity index (χ2n) is 4.66. The second-order valence-corrected chi connectivity index (χ2v) is 5.38. The van der Waals surface area contributed by atoms with Crippen LogP contribution < -0.4 is 5.32 Å². The number of thiazole rings is 1. The minimum absolute atomic E-state index is 0.193. The summed E-state index contributed by atoms with van der Waals surface area (Å²) in [7, 11) is 1.97. The molecule has 2 atom stereocenters. The van der Waals surface area contributed by atoms with Crippen molar-refractivity contribution in [2.45, 2.75) is 32.0 Å². The zero-order valence-corrected chi connectivity index (χ0v) is 11.5. The Labute approximate surface area is 107 Å². The highest BCUT2D eigenvalue weighted by Gasteiger charge is 2.35. The summed E-state index contributed by atoms with van der Waals surface area (Å²) < 4.78 is 5.90. The zero-order chi connectivity index (χ0) is 12.3. The van der Waals surface area contributed by atoms with Gasteiger partial charge in [0.15, 0.2) is 0 Å². The van der Waals surface area contributed by atoms with Gasteiger partial charge in [-0.15, -0.1) is 11.3 Å². The van der Waals surface area contributed by atoms with Crippen LogP contribution in [0.5, 0.6) is 0 Å². The molecule has 2 rings (SSSR count). The number of nitrogens with one attached hydrogen (secondary N) is 1. The lowest BCUT2D eigenvalue weighted by molar-refractivity contribution is -0.0826. The number of nitrogens with zero attached hydrogens (tertiary/aromatic N) is 2. The molecule has 2 unspecified atom stereocenters. The molecule has 0 saturated carbocycles. The van der Waals surface area contributed by atoms with E-state index < -0.39 is 0 Å². The van der Waals surface area contributed by atoms with Crippen LogP contribution in [0.3, 0.4) is 0 Å². The summed E-state index contributed by atoms with van der Waals surface area (Å²) >= 11 is 1.65. The van der Waals surface area contributed by atoms with E-state index in [9.17, 15) is 0 Å². The fourth-order valence-corrected chi connectivity index (χ4v) is 3.02. The van der Waals surface area contributed by atoms with Gasteiger partial charge in [-0.3, -0.25) is 4.90 Å². The van der Waals surface area contributed by atoms with E-state index >= 15 is 0 Å². The van der Waals surface area contributed by atoms with Gasteiger partial charge in [-0.25, -0.2) is 4.98 Å². The van der Waals surface area contributed by atoms with Gasteiger partial charge in [0.1, 0.15) is 0 Å². The fourth-order valence-electron chi connectivity index (χ4n) is 2.43. The summed E-state index contributed by atoms with van der Waals surface area (Å²) in [5, 5.41) is 5.35. The zero-order valence-electron chi connectivity index (χ0n) is 10.7. The predicted octanol–water partition coefficient (Wildman–Crippen LogP) is 1.51. The van der Waals surface area contributed by atoms with Gasteiger partial charge in [0.25, 0.3) is 0 Å². The van der Waals surface area contributed by atoms with Crippen molar-refractivity contribution in [1.29, 1.82) is 0 Å². The molecule has 17 heavy (non-hydrogen) atoms. The van der Waals surface area contributed by atoms with Crippen molar-refractivity contribution in [3.63, 3.8) is 0 Å². The van der Waals surface area contributed by atoms with Crippen molar-refractivity contribution < 1.29 is 4.74 Å². The van der Waals surface area contributed by atoms with Gasteiger partial charge >= 0.3 is 0 Å². The first-order valence-corrected chi connectivity index (χ1v) is 7.08. The van der Waals surface area contributed by atoms with Gasteiger partial charge < -0.3 is 10.1 Å². The molecule has 0 spiro atoms. The molecule has 4 nitrogen and oxygen atoms in total. The Morgan fingerprint density at radius 1 is 1.65 bits per heavy atom. The molecule has 96 valence electrons. The number of likely N-dealkylation sites (N-methyl/N-ethyl adjacent to an activating group) is 1. The van der Waals surface area contributed by atoms with Gasteiger partial charge in [0, 0.05) is 24.5 Å². The summed E-state index contributed by atoms with van der Waals surface area (Å²) in [5.74, 6) is 0. The average molecular weight is 255 g/mol. The fraction of sp³-hybridized carbons (Fsp3) is 0.750. The quantitative estimate of drug-likeness (QED) is 0.885. The van der Waals surface area contributed by atoms with E-state index in [1.807, 2.05) is 12.6 Å². The number of hydrogen-bond donors (Lipinski definition) is 1.